The van der Waals surface area contributed by atoms with E-state index in [1.807, 2.05) is 0 Å². The molecule has 2 aromatic rings. The molecule has 19 heavy (non-hydrogen) atoms. The Balaban J connectivity index is 2.36. The molecule has 0 amide bonds. The first-order chi connectivity index (χ1) is 9.11. The largest absolute Gasteiger partial charge is 0.454 e. The summed E-state index contributed by atoms with van der Waals surface area (Å²) in [5.74, 6) is -0.310. The minimum absolute atomic E-state index is 0.0157. The van der Waals surface area contributed by atoms with E-state index in [4.69, 9.17) is 16.3 Å². The molecule has 0 aromatic heterocycles. The van der Waals surface area contributed by atoms with E-state index in [0.717, 1.165) is 0 Å². The predicted octanol–water partition coefficient (Wildman–Crippen LogP) is 4.27. The van der Waals surface area contributed by atoms with Gasteiger partial charge in [0.2, 0.25) is 0 Å². The lowest BCUT2D eigenvalue weighted by atomic mass is 10.2. The zero-order valence-electron chi connectivity index (χ0n) is 9.68. The molecule has 0 saturated carbocycles. The Morgan fingerprint density at radius 1 is 1.26 bits per heavy atom. The van der Waals surface area contributed by atoms with E-state index in [-0.39, 0.29) is 23.1 Å². The summed E-state index contributed by atoms with van der Waals surface area (Å²) < 4.78 is 19.0. The molecule has 4 nitrogen and oxygen atoms in total. The Morgan fingerprint density at radius 3 is 2.68 bits per heavy atom. The van der Waals surface area contributed by atoms with Gasteiger partial charge < -0.3 is 4.74 Å². The van der Waals surface area contributed by atoms with Gasteiger partial charge in [-0.15, -0.1) is 11.6 Å². The van der Waals surface area contributed by atoms with Crippen molar-refractivity contribution in [1.29, 1.82) is 0 Å². The van der Waals surface area contributed by atoms with Gasteiger partial charge >= 0.3 is 0 Å². The summed E-state index contributed by atoms with van der Waals surface area (Å²) in [6.07, 6.45) is 0. The first-order valence-corrected chi connectivity index (χ1v) is 5.91. The average molecular weight is 282 g/mol. The number of hydrogen-bond acceptors (Lipinski definition) is 3. The number of ether oxygens (including phenoxy) is 1. The van der Waals surface area contributed by atoms with Crippen molar-refractivity contribution in [2.24, 2.45) is 0 Å². The molecular weight excluding hydrogens is 273 g/mol. The fraction of sp³-hybridized carbons (Fsp3) is 0.0769. The normalized spacial score (nSPS) is 10.2. The van der Waals surface area contributed by atoms with Gasteiger partial charge in [0.05, 0.1) is 16.9 Å². The molecule has 0 aliphatic rings. The Bertz CT molecular complexity index is 619. The van der Waals surface area contributed by atoms with Crippen molar-refractivity contribution in [3.8, 4) is 11.5 Å². The average Bonchev–Trinajstić information content (AvgIpc) is 2.41. The van der Waals surface area contributed by atoms with E-state index in [0.29, 0.717) is 5.56 Å². The molecule has 0 unspecified atom stereocenters. The van der Waals surface area contributed by atoms with Gasteiger partial charge in [-0.25, -0.2) is 4.39 Å². The molecule has 0 fully saturated rings. The summed E-state index contributed by atoms with van der Waals surface area (Å²) >= 11 is 5.70. The van der Waals surface area contributed by atoms with Crippen LogP contribution in [0.1, 0.15) is 5.56 Å². The number of halogens is 2. The minimum Gasteiger partial charge on any atom is -0.454 e. The van der Waals surface area contributed by atoms with Crippen LogP contribution in [-0.2, 0) is 5.88 Å². The summed E-state index contributed by atoms with van der Waals surface area (Å²) in [5.41, 5.74) is 0.356. The number of alkyl halides is 1. The predicted molar refractivity (Wildman–Crippen MR) is 69.1 cm³/mol. The number of non-ortho nitro benzene ring substituents is 1. The number of nitro groups is 1. The lowest BCUT2D eigenvalue weighted by Gasteiger charge is -2.10. The van der Waals surface area contributed by atoms with Crippen molar-refractivity contribution in [3.63, 3.8) is 0 Å². The van der Waals surface area contributed by atoms with Crippen LogP contribution < -0.4 is 4.74 Å². The van der Waals surface area contributed by atoms with E-state index in [1.54, 1.807) is 6.07 Å². The fourth-order valence-corrected chi connectivity index (χ4v) is 1.76. The molecule has 0 heterocycles. The molecule has 6 heteroatoms. The van der Waals surface area contributed by atoms with Gasteiger partial charge in [-0.05, 0) is 12.1 Å². The highest BCUT2D eigenvalue weighted by Gasteiger charge is 2.12. The molecule has 0 aliphatic carbocycles. The highest BCUT2D eigenvalue weighted by Crippen LogP contribution is 2.31. The van der Waals surface area contributed by atoms with Crippen LogP contribution in [-0.4, -0.2) is 4.92 Å². The third-order valence-electron chi connectivity index (χ3n) is 2.44. The molecule has 0 aliphatic heterocycles. The quantitative estimate of drug-likeness (QED) is 0.478. The van der Waals surface area contributed by atoms with Gasteiger partial charge in [0, 0.05) is 11.6 Å². The maximum Gasteiger partial charge on any atom is 0.273 e. The fourth-order valence-electron chi connectivity index (χ4n) is 1.55. The summed E-state index contributed by atoms with van der Waals surface area (Å²) in [6.45, 7) is 0. The van der Waals surface area contributed by atoms with Crippen LogP contribution in [0.15, 0.2) is 42.5 Å². The van der Waals surface area contributed by atoms with Crippen molar-refractivity contribution in [2.75, 3.05) is 0 Å². The van der Waals surface area contributed by atoms with E-state index in [1.165, 1.54) is 36.4 Å². The van der Waals surface area contributed by atoms with Crippen molar-refractivity contribution >= 4 is 17.3 Å². The van der Waals surface area contributed by atoms with Crippen LogP contribution in [0.2, 0.25) is 0 Å². The smallest absolute Gasteiger partial charge is 0.273 e. The molecule has 98 valence electrons. The number of nitrogens with zero attached hydrogens (tertiary/aromatic N) is 1. The summed E-state index contributed by atoms with van der Waals surface area (Å²) in [7, 11) is 0. The van der Waals surface area contributed by atoms with E-state index in [9.17, 15) is 14.5 Å². The first kappa shape index (κ1) is 13.3. The zero-order valence-corrected chi connectivity index (χ0v) is 10.4. The van der Waals surface area contributed by atoms with E-state index < -0.39 is 10.7 Å². The maximum atomic E-state index is 13.7. The second-order valence-electron chi connectivity index (χ2n) is 3.72. The molecule has 0 saturated heterocycles. The number of nitro benzene ring substituents is 1. The van der Waals surface area contributed by atoms with Crippen molar-refractivity contribution in [1.82, 2.24) is 0 Å². The molecule has 0 bridgehead atoms. The SMILES string of the molecule is O=[N+]([O-])c1cccc(Oc2c(F)cccc2CCl)c1. The van der Waals surface area contributed by atoms with Gasteiger partial charge in [-0.3, -0.25) is 10.1 Å². The van der Waals surface area contributed by atoms with Gasteiger partial charge in [-0.2, -0.15) is 0 Å². The Labute approximate surface area is 113 Å². The minimum atomic E-state index is -0.565. The summed E-state index contributed by atoms with van der Waals surface area (Å²) in [6, 6.07) is 9.92. The third-order valence-corrected chi connectivity index (χ3v) is 2.73. The number of benzene rings is 2. The molecular formula is C13H9ClFNO3. The highest BCUT2D eigenvalue weighted by atomic mass is 35.5. The molecule has 0 N–H and O–H groups in total. The first-order valence-electron chi connectivity index (χ1n) is 5.37. The third kappa shape index (κ3) is 3.00. The van der Waals surface area contributed by atoms with Crippen molar-refractivity contribution < 1.29 is 14.1 Å². The van der Waals surface area contributed by atoms with Crippen LogP contribution in [0.4, 0.5) is 10.1 Å². The van der Waals surface area contributed by atoms with Gasteiger partial charge in [0.1, 0.15) is 5.75 Å². The molecule has 0 radical (unpaired) electrons. The van der Waals surface area contributed by atoms with Crippen LogP contribution in [0.5, 0.6) is 11.5 Å². The monoisotopic (exact) mass is 281 g/mol. The number of para-hydroxylation sites is 1. The van der Waals surface area contributed by atoms with E-state index in [2.05, 4.69) is 0 Å². The van der Waals surface area contributed by atoms with Crippen LogP contribution in [0.3, 0.4) is 0 Å². The number of hydrogen-bond donors (Lipinski definition) is 0. The standard InChI is InChI=1S/C13H9ClFNO3/c14-8-9-3-1-6-12(15)13(9)19-11-5-2-4-10(7-11)16(17)18/h1-7H,8H2. The van der Waals surface area contributed by atoms with Gasteiger partial charge in [0.25, 0.3) is 5.69 Å². The second-order valence-corrected chi connectivity index (χ2v) is 3.99. The van der Waals surface area contributed by atoms with Gasteiger partial charge in [0.15, 0.2) is 11.6 Å². The topological polar surface area (TPSA) is 52.4 Å². The summed E-state index contributed by atoms with van der Waals surface area (Å²) in [5, 5.41) is 10.7. The Kier molecular flexibility index (Phi) is 3.97. The second kappa shape index (κ2) is 5.67. The van der Waals surface area contributed by atoms with Crippen LogP contribution in [0, 0.1) is 15.9 Å². The van der Waals surface area contributed by atoms with Crippen LogP contribution in [0.25, 0.3) is 0 Å². The van der Waals surface area contributed by atoms with Gasteiger partial charge in [-0.1, -0.05) is 18.2 Å². The zero-order chi connectivity index (χ0) is 13.8. The molecule has 2 rings (SSSR count). The Hall–Kier alpha value is -2.14. The van der Waals surface area contributed by atoms with E-state index >= 15 is 0 Å². The molecule has 2 aromatic carbocycles. The lowest BCUT2D eigenvalue weighted by molar-refractivity contribution is -0.384. The van der Waals surface area contributed by atoms with Crippen LogP contribution >= 0.6 is 11.6 Å². The lowest BCUT2D eigenvalue weighted by Crippen LogP contribution is -1.94. The molecule has 0 spiro atoms. The molecule has 0 atom stereocenters. The van der Waals surface area contributed by atoms with Crippen molar-refractivity contribution in [2.45, 2.75) is 5.88 Å². The summed E-state index contributed by atoms with van der Waals surface area (Å²) in [4.78, 5) is 10.1. The highest BCUT2D eigenvalue weighted by molar-refractivity contribution is 6.17. The Morgan fingerprint density at radius 2 is 2.00 bits per heavy atom. The maximum absolute atomic E-state index is 13.7. The number of rotatable bonds is 4. The van der Waals surface area contributed by atoms with Crippen molar-refractivity contribution in [3.05, 3.63) is 64.0 Å².